The van der Waals surface area contributed by atoms with Gasteiger partial charge in [0.1, 0.15) is 0 Å². The summed E-state index contributed by atoms with van der Waals surface area (Å²) in [6, 6.07) is 12.6. The van der Waals surface area contributed by atoms with Crippen molar-refractivity contribution in [3.8, 4) is 28.0 Å². The molecule has 0 N–H and O–H groups in total. The van der Waals surface area contributed by atoms with Crippen molar-refractivity contribution in [2.45, 2.75) is 90.4 Å². The SMILES string of the molecule is CCCCCCCC1CCC(c2ccc(-c3ccc(-c4ccc(OCCC)c(F)c4F)cc3)c(F)c2F)CC1. The second kappa shape index (κ2) is 14.0. The molecule has 39 heavy (non-hydrogen) atoms. The van der Waals surface area contributed by atoms with Gasteiger partial charge in [-0.05, 0) is 72.8 Å². The molecule has 1 nitrogen and oxygen atoms in total. The lowest BCUT2D eigenvalue weighted by Crippen LogP contribution is -2.15. The van der Waals surface area contributed by atoms with Crippen LogP contribution < -0.4 is 4.74 Å². The van der Waals surface area contributed by atoms with Gasteiger partial charge in [-0.3, -0.25) is 0 Å². The molecule has 3 aromatic carbocycles. The molecule has 0 atom stereocenters. The van der Waals surface area contributed by atoms with E-state index in [1.165, 1.54) is 50.7 Å². The van der Waals surface area contributed by atoms with Crippen LogP contribution in [0.3, 0.4) is 0 Å². The van der Waals surface area contributed by atoms with E-state index in [2.05, 4.69) is 6.92 Å². The largest absolute Gasteiger partial charge is 0.490 e. The lowest BCUT2D eigenvalue weighted by molar-refractivity contribution is 0.295. The van der Waals surface area contributed by atoms with Gasteiger partial charge in [0, 0.05) is 11.1 Å². The Balaban J connectivity index is 1.42. The van der Waals surface area contributed by atoms with Crippen molar-refractivity contribution in [1.29, 1.82) is 0 Å². The van der Waals surface area contributed by atoms with Crippen LogP contribution in [0, 0.1) is 29.2 Å². The second-order valence-corrected chi connectivity index (χ2v) is 10.9. The van der Waals surface area contributed by atoms with Crippen molar-refractivity contribution in [3.05, 3.63) is 77.4 Å². The lowest BCUT2D eigenvalue weighted by Gasteiger charge is -2.29. The monoisotopic (exact) mass is 540 g/mol. The van der Waals surface area contributed by atoms with E-state index < -0.39 is 23.3 Å². The van der Waals surface area contributed by atoms with E-state index in [-0.39, 0.29) is 22.8 Å². The number of rotatable bonds is 12. The molecule has 1 fully saturated rings. The zero-order valence-corrected chi connectivity index (χ0v) is 23.2. The molecule has 0 saturated heterocycles. The Hall–Kier alpha value is -2.82. The minimum Gasteiger partial charge on any atom is -0.490 e. The highest BCUT2D eigenvalue weighted by atomic mass is 19.2. The number of hydrogen-bond donors (Lipinski definition) is 0. The van der Waals surface area contributed by atoms with Gasteiger partial charge in [-0.2, -0.15) is 4.39 Å². The number of unbranched alkanes of at least 4 members (excludes halogenated alkanes) is 4. The Kier molecular flexibility index (Phi) is 10.5. The zero-order valence-electron chi connectivity index (χ0n) is 23.2. The maximum Gasteiger partial charge on any atom is 0.201 e. The van der Waals surface area contributed by atoms with E-state index in [1.54, 1.807) is 36.4 Å². The first kappa shape index (κ1) is 29.2. The van der Waals surface area contributed by atoms with Gasteiger partial charge in [-0.1, -0.05) is 88.8 Å². The average Bonchev–Trinajstić information content (AvgIpc) is 2.96. The molecular formula is C34H40F4O. The summed E-state index contributed by atoms with van der Waals surface area (Å²) >= 11 is 0. The number of ether oxygens (including phenoxy) is 1. The summed E-state index contributed by atoms with van der Waals surface area (Å²) in [5.74, 6) is -3.02. The first-order valence-corrected chi connectivity index (χ1v) is 14.6. The molecule has 0 radical (unpaired) electrons. The quantitative estimate of drug-likeness (QED) is 0.164. The third kappa shape index (κ3) is 7.04. The van der Waals surface area contributed by atoms with E-state index >= 15 is 8.78 Å². The first-order valence-electron chi connectivity index (χ1n) is 14.6. The Bertz CT molecular complexity index is 1210. The third-order valence-corrected chi connectivity index (χ3v) is 8.13. The molecule has 0 unspecified atom stereocenters. The third-order valence-electron chi connectivity index (χ3n) is 8.13. The molecule has 210 valence electrons. The maximum absolute atomic E-state index is 15.2. The van der Waals surface area contributed by atoms with Crippen LogP contribution in [0.2, 0.25) is 0 Å². The topological polar surface area (TPSA) is 9.23 Å². The van der Waals surface area contributed by atoms with E-state index in [4.69, 9.17) is 4.74 Å². The molecule has 0 heterocycles. The molecular weight excluding hydrogens is 500 g/mol. The van der Waals surface area contributed by atoms with Crippen molar-refractivity contribution < 1.29 is 22.3 Å². The fourth-order valence-corrected chi connectivity index (χ4v) is 5.81. The van der Waals surface area contributed by atoms with Gasteiger partial charge in [-0.25, -0.2) is 13.2 Å². The van der Waals surface area contributed by atoms with Gasteiger partial charge in [0.05, 0.1) is 6.61 Å². The van der Waals surface area contributed by atoms with E-state index in [9.17, 15) is 8.78 Å². The fourth-order valence-electron chi connectivity index (χ4n) is 5.81. The van der Waals surface area contributed by atoms with Gasteiger partial charge in [0.15, 0.2) is 23.2 Å². The Labute approximate surface area is 230 Å². The maximum atomic E-state index is 15.2. The zero-order chi connectivity index (χ0) is 27.8. The summed E-state index contributed by atoms with van der Waals surface area (Å²) in [4.78, 5) is 0. The minimum absolute atomic E-state index is 0.0504. The summed E-state index contributed by atoms with van der Waals surface area (Å²) < 4.78 is 64.9. The Morgan fingerprint density at radius 2 is 1.21 bits per heavy atom. The minimum atomic E-state index is -1.03. The van der Waals surface area contributed by atoms with E-state index in [0.29, 0.717) is 35.6 Å². The van der Waals surface area contributed by atoms with Crippen LogP contribution in [0.15, 0.2) is 48.5 Å². The van der Waals surface area contributed by atoms with Crippen LogP contribution in [0.5, 0.6) is 5.75 Å². The van der Waals surface area contributed by atoms with Crippen molar-refractivity contribution in [3.63, 3.8) is 0 Å². The van der Waals surface area contributed by atoms with Gasteiger partial charge in [-0.15, -0.1) is 0 Å². The van der Waals surface area contributed by atoms with Crippen LogP contribution in [0.1, 0.15) is 96.0 Å². The van der Waals surface area contributed by atoms with Crippen LogP contribution in [-0.4, -0.2) is 6.61 Å². The molecule has 0 bridgehead atoms. The Morgan fingerprint density at radius 1 is 0.615 bits per heavy atom. The van der Waals surface area contributed by atoms with Gasteiger partial charge < -0.3 is 4.74 Å². The molecule has 1 aliphatic carbocycles. The molecule has 4 rings (SSSR count). The molecule has 5 heteroatoms. The van der Waals surface area contributed by atoms with Crippen LogP contribution in [-0.2, 0) is 0 Å². The van der Waals surface area contributed by atoms with Gasteiger partial charge in [0.2, 0.25) is 5.82 Å². The summed E-state index contributed by atoms with van der Waals surface area (Å²) in [5.41, 5.74) is 1.64. The molecule has 1 aliphatic rings. The predicted octanol–water partition coefficient (Wildman–Crippen LogP) is 11.0. The Morgan fingerprint density at radius 3 is 1.82 bits per heavy atom. The average molecular weight is 541 g/mol. The number of hydrogen-bond acceptors (Lipinski definition) is 1. The number of halogens is 4. The number of benzene rings is 3. The summed E-state index contributed by atoms with van der Waals surface area (Å²) in [6.07, 6.45) is 12.3. The van der Waals surface area contributed by atoms with Crippen molar-refractivity contribution in [2.24, 2.45) is 5.92 Å². The molecule has 1 saturated carbocycles. The van der Waals surface area contributed by atoms with E-state index in [1.807, 2.05) is 6.92 Å². The molecule has 3 aromatic rings. The summed E-state index contributed by atoms with van der Waals surface area (Å²) in [5, 5.41) is 0. The summed E-state index contributed by atoms with van der Waals surface area (Å²) in [6.45, 7) is 4.41. The highest BCUT2D eigenvalue weighted by molar-refractivity contribution is 5.72. The molecule has 0 amide bonds. The molecule has 0 aliphatic heterocycles. The first-order chi connectivity index (χ1) is 18.9. The second-order valence-electron chi connectivity index (χ2n) is 10.9. The van der Waals surface area contributed by atoms with E-state index in [0.717, 1.165) is 25.7 Å². The fraction of sp³-hybridized carbons (Fsp3) is 0.471. The van der Waals surface area contributed by atoms with Crippen LogP contribution in [0.25, 0.3) is 22.3 Å². The highest BCUT2D eigenvalue weighted by Crippen LogP contribution is 2.40. The highest BCUT2D eigenvalue weighted by Gasteiger charge is 2.26. The molecule has 0 spiro atoms. The lowest BCUT2D eigenvalue weighted by atomic mass is 9.76. The summed E-state index contributed by atoms with van der Waals surface area (Å²) in [7, 11) is 0. The van der Waals surface area contributed by atoms with Crippen molar-refractivity contribution in [2.75, 3.05) is 6.61 Å². The van der Waals surface area contributed by atoms with Crippen LogP contribution >= 0.6 is 0 Å². The van der Waals surface area contributed by atoms with Crippen LogP contribution in [0.4, 0.5) is 17.6 Å². The van der Waals surface area contributed by atoms with Gasteiger partial charge >= 0.3 is 0 Å². The van der Waals surface area contributed by atoms with Crippen molar-refractivity contribution in [1.82, 2.24) is 0 Å². The molecule has 0 aromatic heterocycles. The van der Waals surface area contributed by atoms with Gasteiger partial charge in [0.25, 0.3) is 0 Å². The standard InChI is InChI=1S/C34H40F4O/c1-3-5-6-7-8-9-23-10-12-24(13-11-23)27-18-19-28(32(36)31(27)35)25-14-16-26(17-15-25)29-20-21-30(39-22-4-2)34(38)33(29)37/h14-21,23-24H,3-13,22H2,1-2H3. The van der Waals surface area contributed by atoms with Crippen molar-refractivity contribution >= 4 is 0 Å². The smallest absolute Gasteiger partial charge is 0.201 e. The predicted molar refractivity (Wildman–Crippen MR) is 151 cm³/mol. The normalized spacial score (nSPS) is 17.4.